The Labute approximate surface area is 190 Å². The fourth-order valence-corrected chi connectivity index (χ4v) is 3.12. The molecule has 0 aliphatic heterocycles. The number of hydrogen-bond acceptors (Lipinski definition) is 4. The lowest BCUT2D eigenvalue weighted by Gasteiger charge is -2.10. The van der Waals surface area contributed by atoms with E-state index in [1.807, 2.05) is 54.6 Å². The third-order valence-corrected chi connectivity index (χ3v) is 4.84. The molecule has 0 saturated carbocycles. The van der Waals surface area contributed by atoms with Gasteiger partial charge in [0.25, 0.3) is 5.91 Å². The van der Waals surface area contributed by atoms with E-state index >= 15 is 0 Å². The van der Waals surface area contributed by atoms with Gasteiger partial charge in [0, 0.05) is 17.3 Å². The van der Waals surface area contributed by atoms with Crippen LogP contribution in [0, 0.1) is 0 Å². The number of ether oxygens (including phenoxy) is 3. The van der Waals surface area contributed by atoms with E-state index in [2.05, 4.69) is 12.2 Å². The van der Waals surface area contributed by atoms with Gasteiger partial charge in [-0.15, -0.1) is 0 Å². The Kier molecular flexibility index (Phi) is 9.46. The van der Waals surface area contributed by atoms with Gasteiger partial charge in [-0.25, -0.2) is 0 Å². The lowest BCUT2D eigenvalue weighted by Crippen LogP contribution is -2.12. The molecule has 32 heavy (non-hydrogen) atoms. The average molecular weight is 434 g/mol. The van der Waals surface area contributed by atoms with Gasteiger partial charge in [-0.05, 0) is 55.0 Å². The normalized spacial score (nSPS) is 10.4. The highest BCUT2D eigenvalue weighted by molar-refractivity contribution is 6.04. The topological polar surface area (TPSA) is 56.8 Å². The second kappa shape index (κ2) is 13.1. The lowest BCUT2D eigenvalue weighted by molar-refractivity contribution is 0.102. The maximum atomic E-state index is 12.6. The van der Waals surface area contributed by atoms with Crippen molar-refractivity contribution >= 4 is 11.6 Å². The molecular weight excluding hydrogens is 402 g/mol. The van der Waals surface area contributed by atoms with Crippen molar-refractivity contribution in [1.29, 1.82) is 0 Å². The molecule has 0 unspecified atom stereocenters. The monoisotopic (exact) mass is 433 g/mol. The van der Waals surface area contributed by atoms with Gasteiger partial charge >= 0.3 is 0 Å². The molecule has 0 bridgehead atoms. The first-order chi connectivity index (χ1) is 15.7. The molecule has 0 fully saturated rings. The van der Waals surface area contributed by atoms with E-state index in [9.17, 15) is 4.79 Å². The van der Waals surface area contributed by atoms with Crippen LogP contribution in [-0.4, -0.2) is 25.7 Å². The molecule has 0 atom stereocenters. The zero-order valence-electron chi connectivity index (χ0n) is 18.6. The van der Waals surface area contributed by atoms with Crippen molar-refractivity contribution in [2.45, 2.75) is 32.6 Å². The number of carbonyl (C=O) groups is 1. The van der Waals surface area contributed by atoms with Gasteiger partial charge in [-0.2, -0.15) is 0 Å². The third kappa shape index (κ3) is 7.99. The molecular formula is C27H31NO4. The summed E-state index contributed by atoms with van der Waals surface area (Å²) in [6.45, 7) is 3.75. The van der Waals surface area contributed by atoms with Crippen molar-refractivity contribution in [3.05, 3.63) is 84.4 Å². The molecule has 1 N–H and O–H groups in total. The maximum absolute atomic E-state index is 12.6. The van der Waals surface area contributed by atoms with Crippen molar-refractivity contribution in [1.82, 2.24) is 0 Å². The van der Waals surface area contributed by atoms with Crippen molar-refractivity contribution < 1.29 is 19.0 Å². The van der Waals surface area contributed by atoms with Crippen molar-refractivity contribution in [2.75, 3.05) is 25.1 Å². The SMILES string of the molecule is CCCCCCOc1cccc(NC(=O)c2ccc(OCCOc3ccccc3)cc2)c1. The number of carbonyl (C=O) groups excluding carboxylic acids is 1. The van der Waals surface area contributed by atoms with Gasteiger partial charge in [0.2, 0.25) is 0 Å². The van der Waals surface area contributed by atoms with Gasteiger partial charge in [-0.3, -0.25) is 4.79 Å². The van der Waals surface area contributed by atoms with E-state index < -0.39 is 0 Å². The minimum absolute atomic E-state index is 0.177. The Bertz CT molecular complexity index is 941. The van der Waals surface area contributed by atoms with Crippen molar-refractivity contribution in [3.8, 4) is 17.2 Å². The molecule has 0 heterocycles. The summed E-state index contributed by atoms with van der Waals surface area (Å²) in [6.07, 6.45) is 4.64. The summed E-state index contributed by atoms with van der Waals surface area (Å²) >= 11 is 0. The number of amides is 1. The Balaban J connectivity index is 1.42. The summed E-state index contributed by atoms with van der Waals surface area (Å²) in [6, 6.07) is 24.2. The molecule has 0 saturated heterocycles. The second-order valence-corrected chi connectivity index (χ2v) is 7.43. The minimum atomic E-state index is -0.177. The van der Waals surface area contributed by atoms with E-state index in [0.717, 1.165) is 17.9 Å². The summed E-state index contributed by atoms with van der Waals surface area (Å²) in [5.41, 5.74) is 1.27. The molecule has 0 radical (unpaired) electrons. The predicted octanol–water partition coefficient (Wildman–Crippen LogP) is 6.36. The predicted molar refractivity (Wildman–Crippen MR) is 128 cm³/mol. The first kappa shape index (κ1) is 23.2. The van der Waals surface area contributed by atoms with Gasteiger partial charge in [0.15, 0.2) is 0 Å². The zero-order valence-corrected chi connectivity index (χ0v) is 18.6. The molecule has 3 aromatic rings. The first-order valence-electron chi connectivity index (χ1n) is 11.2. The number of benzene rings is 3. The Morgan fingerprint density at radius 3 is 2.06 bits per heavy atom. The first-order valence-corrected chi connectivity index (χ1v) is 11.2. The molecule has 0 aliphatic carbocycles. The van der Waals surface area contributed by atoms with E-state index in [1.165, 1.54) is 19.3 Å². The highest BCUT2D eigenvalue weighted by Gasteiger charge is 2.07. The molecule has 0 spiro atoms. The summed E-state index contributed by atoms with van der Waals surface area (Å²) in [4.78, 5) is 12.6. The Morgan fingerprint density at radius 2 is 1.34 bits per heavy atom. The second-order valence-electron chi connectivity index (χ2n) is 7.43. The summed E-state index contributed by atoms with van der Waals surface area (Å²) in [5.74, 6) is 2.09. The van der Waals surface area contributed by atoms with E-state index in [0.29, 0.717) is 36.8 Å². The fourth-order valence-electron chi connectivity index (χ4n) is 3.12. The maximum Gasteiger partial charge on any atom is 0.255 e. The molecule has 5 heteroatoms. The van der Waals surface area contributed by atoms with Crippen LogP contribution in [0.2, 0.25) is 0 Å². The molecule has 3 aromatic carbocycles. The summed E-state index contributed by atoms with van der Waals surface area (Å²) < 4.78 is 17.1. The molecule has 3 rings (SSSR count). The van der Waals surface area contributed by atoms with Crippen molar-refractivity contribution in [2.24, 2.45) is 0 Å². The van der Waals surface area contributed by atoms with E-state index in [-0.39, 0.29) is 5.91 Å². The number of hydrogen-bond donors (Lipinski definition) is 1. The minimum Gasteiger partial charge on any atom is -0.494 e. The van der Waals surface area contributed by atoms with Crippen LogP contribution in [0.15, 0.2) is 78.9 Å². The van der Waals surface area contributed by atoms with Gasteiger partial charge in [-0.1, -0.05) is 50.5 Å². The zero-order chi connectivity index (χ0) is 22.4. The van der Waals surface area contributed by atoms with E-state index in [1.54, 1.807) is 24.3 Å². The molecule has 168 valence electrons. The van der Waals surface area contributed by atoms with Crippen LogP contribution in [0.1, 0.15) is 43.0 Å². The largest absolute Gasteiger partial charge is 0.494 e. The van der Waals surface area contributed by atoms with Crippen molar-refractivity contribution in [3.63, 3.8) is 0 Å². The highest BCUT2D eigenvalue weighted by atomic mass is 16.5. The van der Waals surface area contributed by atoms with Crippen LogP contribution in [0.5, 0.6) is 17.2 Å². The molecule has 5 nitrogen and oxygen atoms in total. The van der Waals surface area contributed by atoms with Gasteiger partial charge in [0.05, 0.1) is 6.61 Å². The fraction of sp³-hybridized carbons (Fsp3) is 0.296. The summed E-state index contributed by atoms with van der Waals surface area (Å²) in [7, 11) is 0. The standard InChI is InChI=1S/C27H31NO4/c1-2-3-4-8-18-30-26-13-9-10-23(21-26)28-27(29)22-14-16-25(17-15-22)32-20-19-31-24-11-6-5-7-12-24/h5-7,9-17,21H,2-4,8,18-20H2,1H3,(H,28,29). The Hall–Kier alpha value is -3.47. The number of rotatable bonds is 13. The van der Waals surface area contributed by atoms with Gasteiger partial charge in [0.1, 0.15) is 30.5 Å². The van der Waals surface area contributed by atoms with Crippen LogP contribution in [0.4, 0.5) is 5.69 Å². The number of anilines is 1. The highest BCUT2D eigenvalue weighted by Crippen LogP contribution is 2.19. The van der Waals surface area contributed by atoms with Crippen LogP contribution in [0.3, 0.4) is 0 Å². The number of unbranched alkanes of at least 4 members (excludes halogenated alkanes) is 3. The molecule has 1 amide bonds. The van der Waals surface area contributed by atoms with Crippen LogP contribution in [0.25, 0.3) is 0 Å². The quantitative estimate of drug-likeness (QED) is 0.319. The van der Waals surface area contributed by atoms with E-state index in [4.69, 9.17) is 14.2 Å². The van der Waals surface area contributed by atoms with Crippen LogP contribution in [-0.2, 0) is 0 Å². The number of nitrogens with one attached hydrogen (secondary N) is 1. The Morgan fingerprint density at radius 1 is 0.688 bits per heavy atom. The average Bonchev–Trinajstić information content (AvgIpc) is 2.83. The molecule has 0 aromatic heterocycles. The van der Waals surface area contributed by atoms with Gasteiger partial charge < -0.3 is 19.5 Å². The third-order valence-electron chi connectivity index (χ3n) is 4.84. The van der Waals surface area contributed by atoms with Crippen LogP contribution >= 0.6 is 0 Å². The van der Waals surface area contributed by atoms with Crippen LogP contribution < -0.4 is 19.5 Å². The summed E-state index contributed by atoms with van der Waals surface area (Å²) in [5, 5.41) is 2.92. The smallest absolute Gasteiger partial charge is 0.255 e. The number of para-hydroxylation sites is 1. The molecule has 0 aliphatic rings. The lowest BCUT2D eigenvalue weighted by atomic mass is 10.2.